The van der Waals surface area contributed by atoms with Gasteiger partial charge in [-0.25, -0.2) is 8.42 Å². The fourth-order valence-electron chi connectivity index (χ4n) is 2.92. The lowest BCUT2D eigenvalue weighted by Gasteiger charge is -2.24. The molecule has 1 amide bonds. The fraction of sp³-hybridized carbons (Fsp3) is 0.174. The van der Waals surface area contributed by atoms with Crippen LogP contribution in [0.1, 0.15) is 5.56 Å². The normalized spacial score (nSPS) is 10.9. The first-order chi connectivity index (χ1) is 14.8. The Labute approximate surface area is 182 Å². The molecule has 0 aliphatic heterocycles. The van der Waals surface area contributed by atoms with Gasteiger partial charge in [-0.2, -0.15) is 0 Å². The van der Waals surface area contributed by atoms with Crippen LogP contribution in [0.15, 0.2) is 77.7 Å². The van der Waals surface area contributed by atoms with Crippen molar-refractivity contribution in [3.8, 4) is 11.5 Å². The number of carbonyl (C=O) groups excluding carboxylic acids is 1. The first-order valence-corrected chi connectivity index (χ1v) is 10.9. The van der Waals surface area contributed by atoms with Crippen molar-refractivity contribution in [2.75, 3.05) is 30.4 Å². The molecule has 8 heteroatoms. The van der Waals surface area contributed by atoms with Gasteiger partial charge >= 0.3 is 0 Å². The molecule has 0 unspecified atom stereocenters. The number of sulfonamides is 1. The highest BCUT2D eigenvalue weighted by atomic mass is 32.2. The number of methoxy groups -OCH3 is 2. The number of amides is 1. The van der Waals surface area contributed by atoms with E-state index in [0.717, 1.165) is 9.87 Å². The van der Waals surface area contributed by atoms with Crippen LogP contribution in [0.4, 0.5) is 11.4 Å². The molecule has 31 heavy (non-hydrogen) atoms. The number of carbonyl (C=O) groups is 1. The van der Waals surface area contributed by atoms with E-state index in [1.165, 1.54) is 19.2 Å². The maximum Gasteiger partial charge on any atom is 0.264 e. The van der Waals surface area contributed by atoms with E-state index in [2.05, 4.69) is 5.32 Å². The van der Waals surface area contributed by atoms with Crippen LogP contribution in [0, 0.1) is 6.92 Å². The maximum absolute atomic E-state index is 13.4. The van der Waals surface area contributed by atoms with Gasteiger partial charge in [0.2, 0.25) is 5.91 Å². The summed E-state index contributed by atoms with van der Waals surface area (Å²) < 4.78 is 38.2. The third kappa shape index (κ3) is 5.35. The van der Waals surface area contributed by atoms with Gasteiger partial charge in [0.25, 0.3) is 10.0 Å². The molecule has 0 aliphatic carbocycles. The molecular weight excluding hydrogens is 416 g/mol. The van der Waals surface area contributed by atoms with Crippen molar-refractivity contribution < 1.29 is 22.7 Å². The summed E-state index contributed by atoms with van der Waals surface area (Å²) in [7, 11) is -0.951. The second-order valence-corrected chi connectivity index (χ2v) is 8.67. The molecule has 0 spiro atoms. The van der Waals surface area contributed by atoms with Gasteiger partial charge in [0.05, 0.1) is 24.8 Å². The lowest BCUT2D eigenvalue weighted by atomic mass is 10.2. The van der Waals surface area contributed by atoms with Crippen LogP contribution in [-0.2, 0) is 14.8 Å². The molecular formula is C23H24N2O5S. The number of anilines is 2. The van der Waals surface area contributed by atoms with Crippen molar-refractivity contribution >= 4 is 27.3 Å². The first-order valence-electron chi connectivity index (χ1n) is 9.51. The van der Waals surface area contributed by atoms with Crippen LogP contribution >= 0.6 is 0 Å². The van der Waals surface area contributed by atoms with Crippen molar-refractivity contribution in [3.05, 3.63) is 78.4 Å². The average molecular weight is 441 g/mol. The van der Waals surface area contributed by atoms with Gasteiger partial charge in [0.15, 0.2) is 0 Å². The van der Waals surface area contributed by atoms with E-state index < -0.39 is 22.5 Å². The number of hydrogen-bond acceptors (Lipinski definition) is 5. The molecule has 0 saturated carbocycles. The van der Waals surface area contributed by atoms with E-state index in [-0.39, 0.29) is 4.90 Å². The van der Waals surface area contributed by atoms with E-state index in [1.807, 2.05) is 6.92 Å². The zero-order chi connectivity index (χ0) is 22.4. The molecule has 162 valence electrons. The van der Waals surface area contributed by atoms with Gasteiger partial charge in [0.1, 0.15) is 18.0 Å². The number of ether oxygens (including phenoxy) is 2. The first kappa shape index (κ1) is 22.2. The molecule has 0 aliphatic rings. The van der Waals surface area contributed by atoms with Crippen LogP contribution in [0.5, 0.6) is 11.5 Å². The summed E-state index contributed by atoms with van der Waals surface area (Å²) >= 11 is 0. The van der Waals surface area contributed by atoms with Crippen molar-refractivity contribution in [2.45, 2.75) is 11.8 Å². The van der Waals surface area contributed by atoms with Crippen LogP contribution in [0.25, 0.3) is 0 Å². The zero-order valence-corrected chi connectivity index (χ0v) is 18.3. The molecule has 0 radical (unpaired) electrons. The van der Waals surface area contributed by atoms with Gasteiger partial charge in [-0.05, 0) is 55.5 Å². The minimum absolute atomic E-state index is 0.0955. The van der Waals surface area contributed by atoms with Crippen LogP contribution < -0.4 is 19.1 Å². The highest BCUT2D eigenvalue weighted by Crippen LogP contribution is 2.27. The maximum atomic E-state index is 13.4. The summed E-state index contributed by atoms with van der Waals surface area (Å²) in [6, 6.07) is 19.8. The largest absolute Gasteiger partial charge is 0.497 e. The van der Waals surface area contributed by atoms with Crippen molar-refractivity contribution in [1.29, 1.82) is 0 Å². The van der Waals surface area contributed by atoms with Crippen molar-refractivity contribution in [1.82, 2.24) is 0 Å². The molecule has 0 saturated heterocycles. The van der Waals surface area contributed by atoms with E-state index >= 15 is 0 Å². The van der Waals surface area contributed by atoms with Gasteiger partial charge < -0.3 is 14.8 Å². The monoisotopic (exact) mass is 440 g/mol. The fourth-order valence-corrected chi connectivity index (χ4v) is 4.34. The van der Waals surface area contributed by atoms with E-state index in [9.17, 15) is 13.2 Å². The average Bonchev–Trinajstić information content (AvgIpc) is 2.78. The Kier molecular flexibility index (Phi) is 6.81. The highest BCUT2D eigenvalue weighted by molar-refractivity contribution is 7.92. The number of nitrogens with one attached hydrogen (secondary N) is 1. The molecule has 7 nitrogen and oxygen atoms in total. The molecule has 0 bridgehead atoms. The molecule has 0 aromatic heterocycles. The molecule has 3 aromatic carbocycles. The summed E-state index contributed by atoms with van der Waals surface area (Å²) in [4.78, 5) is 12.9. The number of benzene rings is 3. The topological polar surface area (TPSA) is 84.9 Å². The number of hydrogen-bond donors (Lipinski definition) is 1. The number of rotatable bonds is 8. The quantitative estimate of drug-likeness (QED) is 0.575. The molecule has 3 aromatic rings. The van der Waals surface area contributed by atoms with Crippen LogP contribution in [0.2, 0.25) is 0 Å². The van der Waals surface area contributed by atoms with Crippen molar-refractivity contribution in [2.24, 2.45) is 0 Å². The number of nitrogens with zero attached hydrogens (tertiary/aromatic N) is 1. The lowest BCUT2D eigenvalue weighted by molar-refractivity contribution is -0.114. The Morgan fingerprint density at radius 2 is 1.55 bits per heavy atom. The third-order valence-corrected chi connectivity index (χ3v) is 6.40. The summed E-state index contributed by atoms with van der Waals surface area (Å²) in [5.41, 5.74) is 1.79. The zero-order valence-electron chi connectivity index (χ0n) is 17.5. The number of aryl methyl sites for hydroxylation is 1. The molecule has 0 heterocycles. The van der Waals surface area contributed by atoms with E-state index in [4.69, 9.17) is 9.47 Å². The third-order valence-electron chi connectivity index (χ3n) is 4.61. The molecule has 1 N–H and O–H groups in total. The lowest BCUT2D eigenvalue weighted by Crippen LogP contribution is -2.38. The van der Waals surface area contributed by atoms with E-state index in [0.29, 0.717) is 22.9 Å². The van der Waals surface area contributed by atoms with Gasteiger partial charge in [-0.15, -0.1) is 0 Å². The minimum Gasteiger partial charge on any atom is -0.497 e. The second kappa shape index (κ2) is 9.53. The molecule has 0 atom stereocenters. The van der Waals surface area contributed by atoms with Gasteiger partial charge in [-0.3, -0.25) is 9.10 Å². The Morgan fingerprint density at radius 3 is 2.16 bits per heavy atom. The molecule has 3 rings (SSSR count). The summed E-state index contributed by atoms with van der Waals surface area (Å²) in [5.74, 6) is 0.652. The standard InChI is InChI=1S/C23H24N2O5S/c1-17-7-13-22(14-8-17)31(27,28)25(19-5-4-6-21(15-19)30-3)16-23(26)24-18-9-11-20(29-2)12-10-18/h4-15H,16H2,1-3H3,(H,24,26). The Hall–Kier alpha value is -3.52. The van der Waals surface area contributed by atoms with Crippen LogP contribution in [0.3, 0.4) is 0 Å². The van der Waals surface area contributed by atoms with Gasteiger partial charge in [-0.1, -0.05) is 23.8 Å². The van der Waals surface area contributed by atoms with Crippen molar-refractivity contribution in [3.63, 3.8) is 0 Å². The SMILES string of the molecule is COc1ccc(NC(=O)CN(c2cccc(OC)c2)S(=O)(=O)c2ccc(C)cc2)cc1. The molecule has 0 fully saturated rings. The Balaban J connectivity index is 1.93. The van der Waals surface area contributed by atoms with E-state index in [1.54, 1.807) is 67.8 Å². The second-order valence-electron chi connectivity index (χ2n) is 6.80. The minimum atomic E-state index is -4.00. The summed E-state index contributed by atoms with van der Waals surface area (Å²) in [5, 5.41) is 2.72. The Bertz CT molecular complexity index is 1140. The van der Waals surface area contributed by atoms with Gasteiger partial charge in [0, 0.05) is 11.8 Å². The Morgan fingerprint density at radius 1 is 0.903 bits per heavy atom. The van der Waals surface area contributed by atoms with Crippen LogP contribution in [-0.4, -0.2) is 35.1 Å². The summed E-state index contributed by atoms with van der Waals surface area (Å²) in [6.07, 6.45) is 0. The summed E-state index contributed by atoms with van der Waals surface area (Å²) in [6.45, 7) is 1.47. The smallest absolute Gasteiger partial charge is 0.264 e. The highest BCUT2D eigenvalue weighted by Gasteiger charge is 2.27. The predicted octanol–water partition coefficient (Wildman–Crippen LogP) is 3.85. The predicted molar refractivity (Wildman–Crippen MR) is 120 cm³/mol.